The Kier molecular flexibility index (Phi) is 4.88. The van der Waals surface area contributed by atoms with Crippen molar-refractivity contribution in [3.63, 3.8) is 0 Å². The zero-order valence-corrected chi connectivity index (χ0v) is 14.7. The summed E-state index contributed by atoms with van der Waals surface area (Å²) in [5, 5.41) is 4.55. The number of anilines is 1. The molecule has 2 heterocycles. The molecular formula is C21H23N3O2. The molecule has 1 aliphatic rings. The summed E-state index contributed by atoms with van der Waals surface area (Å²) in [6.45, 7) is 2.11. The van der Waals surface area contributed by atoms with Crippen LogP contribution in [-0.4, -0.2) is 23.0 Å². The predicted molar refractivity (Wildman–Crippen MR) is 102 cm³/mol. The summed E-state index contributed by atoms with van der Waals surface area (Å²) in [6, 6.07) is 16.4. The molecule has 0 unspecified atom stereocenters. The Morgan fingerprint density at radius 2 is 1.88 bits per heavy atom. The number of ether oxygens (including phenoxy) is 2. The first-order valence-corrected chi connectivity index (χ1v) is 8.98. The Hall–Kier alpha value is -2.79. The Morgan fingerprint density at radius 3 is 2.69 bits per heavy atom. The van der Waals surface area contributed by atoms with E-state index in [0.29, 0.717) is 24.1 Å². The van der Waals surface area contributed by atoms with Crippen LogP contribution in [0.5, 0.6) is 5.75 Å². The Balaban J connectivity index is 1.51. The summed E-state index contributed by atoms with van der Waals surface area (Å²) in [4.78, 5) is 0. The summed E-state index contributed by atoms with van der Waals surface area (Å²) in [5.41, 5.74) is 9.98. The average Bonchev–Trinajstić information content (AvgIpc) is 3.19. The SMILES string of the molecule is Nc1ccc(-c2cnn(C3CCOCC3)c2)cc1OCc1ccccc1. The summed E-state index contributed by atoms with van der Waals surface area (Å²) >= 11 is 0. The molecule has 4 rings (SSSR count). The van der Waals surface area contributed by atoms with E-state index < -0.39 is 0 Å². The second kappa shape index (κ2) is 7.62. The van der Waals surface area contributed by atoms with Crippen molar-refractivity contribution in [1.82, 2.24) is 9.78 Å². The Morgan fingerprint density at radius 1 is 1.08 bits per heavy atom. The monoisotopic (exact) mass is 349 g/mol. The first-order valence-electron chi connectivity index (χ1n) is 8.98. The largest absolute Gasteiger partial charge is 0.487 e. The minimum absolute atomic E-state index is 0.417. The molecule has 26 heavy (non-hydrogen) atoms. The summed E-state index contributed by atoms with van der Waals surface area (Å²) in [5.74, 6) is 0.699. The van der Waals surface area contributed by atoms with E-state index in [9.17, 15) is 0 Å². The standard InChI is InChI=1S/C21H23N3O2/c22-20-7-6-17(12-21(20)26-15-16-4-2-1-3-5-16)18-13-23-24(14-18)19-8-10-25-11-9-19/h1-7,12-14,19H,8-11,15,22H2. The van der Waals surface area contributed by atoms with Gasteiger partial charge in [0.05, 0.1) is 17.9 Å². The molecule has 1 saturated heterocycles. The molecule has 5 nitrogen and oxygen atoms in total. The third-order valence-electron chi connectivity index (χ3n) is 4.75. The fraction of sp³-hybridized carbons (Fsp3) is 0.286. The zero-order chi connectivity index (χ0) is 17.8. The highest BCUT2D eigenvalue weighted by atomic mass is 16.5. The minimum atomic E-state index is 0.417. The Bertz CT molecular complexity index is 855. The lowest BCUT2D eigenvalue weighted by atomic mass is 10.1. The van der Waals surface area contributed by atoms with E-state index in [1.165, 1.54) is 0 Å². The number of benzene rings is 2. The van der Waals surface area contributed by atoms with Crippen molar-refractivity contribution >= 4 is 5.69 Å². The number of rotatable bonds is 5. The molecule has 2 aromatic carbocycles. The lowest BCUT2D eigenvalue weighted by Gasteiger charge is -2.22. The molecule has 0 aliphatic carbocycles. The normalized spacial score (nSPS) is 15.1. The average molecular weight is 349 g/mol. The molecule has 5 heteroatoms. The third-order valence-corrected chi connectivity index (χ3v) is 4.75. The molecule has 1 fully saturated rings. The van der Waals surface area contributed by atoms with Gasteiger partial charge in [-0.3, -0.25) is 4.68 Å². The van der Waals surface area contributed by atoms with Crippen molar-refractivity contribution in [2.24, 2.45) is 0 Å². The van der Waals surface area contributed by atoms with E-state index in [1.54, 1.807) is 0 Å². The van der Waals surface area contributed by atoms with Gasteiger partial charge in [-0.15, -0.1) is 0 Å². The van der Waals surface area contributed by atoms with Crippen LogP contribution in [0.2, 0.25) is 0 Å². The maximum absolute atomic E-state index is 6.09. The van der Waals surface area contributed by atoms with Gasteiger partial charge in [0.25, 0.3) is 0 Å². The molecule has 1 aromatic heterocycles. The molecular weight excluding hydrogens is 326 g/mol. The molecule has 0 radical (unpaired) electrons. The lowest BCUT2D eigenvalue weighted by molar-refractivity contribution is 0.0662. The number of aromatic nitrogens is 2. The van der Waals surface area contributed by atoms with Crippen LogP contribution in [0.15, 0.2) is 60.9 Å². The fourth-order valence-electron chi connectivity index (χ4n) is 3.21. The molecule has 2 N–H and O–H groups in total. The summed E-state index contributed by atoms with van der Waals surface area (Å²) in [7, 11) is 0. The van der Waals surface area contributed by atoms with Crippen LogP contribution < -0.4 is 10.5 Å². The maximum atomic E-state index is 6.09. The molecule has 0 spiro atoms. The van der Waals surface area contributed by atoms with Crippen LogP contribution in [0.25, 0.3) is 11.1 Å². The van der Waals surface area contributed by atoms with Gasteiger partial charge >= 0.3 is 0 Å². The van der Waals surface area contributed by atoms with E-state index in [0.717, 1.165) is 42.7 Å². The lowest BCUT2D eigenvalue weighted by Crippen LogP contribution is -2.19. The van der Waals surface area contributed by atoms with Crippen LogP contribution in [0.3, 0.4) is 0 Å². The molecule has 0 bridgehead atoms. The molecule has 0 atom stereocenters. The van der Waals surface area contributed by atoms with Crippen molar-refractivity contribution in [2.75, 3.05) is 18.9 Å². The van der Waals surface area contributed by atoms with Gasteiger partial charge in [0.2, 0.25) is 0 Å². The van der Waals surface area contributed by atoms with E-state index in [4.69, 9.17) is 15.2 Å². The van der Waals surface area contributed by atoms with Gasteiger partial charge in [-0.25, -0.2) is 0 Å². The van der Waals surface area contributed by atoms with Gasteiger partial charge in [0.15, 0.2) is 0 Å². The van der Waals surface area contributed by atoms with E-state index >= 15 is 0 Å². The van der Waals surface area contributed by atoms with Crippen molar-refractivity contribution in [2.45, 2.75) is 25.5 Å². The van der Waals surface area contributed by atoms with Crippen molar-refractivity contribution in [1.29, 1.82) is 0 Å². The quantitative estimate of drug-likeness (QED) is 0.706. The topological polar surface area (TPSA) is 62.3 Å². The van der Waals surface area contributed by atoms with Crippen LogP contribution in [0.1, 0.15) is 24.4 Å². The van der Waals surface area contributed by atoms with Gasteiger partial charge in [0.1, 0.15) is 12.4 Å². The van der Waals surface area contributed by atoms with Crippen molar-refractivity contribution < 1.29 is 9.47 Å². The molecule has 134 valence electrons. The number of nitrogen functional groups attached to an aromatic ring is 1. The first-order chi connectivity index (χ1) is 12.8. The third kappa shape index (κ3) is 3.73. The van der Waals surface area contributed by atoms with Crippen molar-refractivity contribution in [3.8, 4) is 16.9 Å². The highest BCUT2D eigenvalue weighted by molar-refractivity contribution is 5.69. The van der Waals surface area contributed by atoms with Gasteiger partial charge in [0, 0.05) is 25.0 Å². The number of hydrogen-bond acceptors (Lipinski definition) is 4. The molecule has 3 aromatic rings. The molecule has 0 amide bonds. The molecule has 0 saturated carbocycles. The van der Waals surface area contributed by atoms with E-state index in [1.807, 2.05) is 54.7 Å². The second-order valence-corrected chi connectivity index (χ2v) is 6.58. The van der Waals surface area contributed by atoms with Gasteiger partial charge < -0.3 is 15.2 Å². The zero-order valence-electron chi connectivity index (χ0n) is 14.7. The minimum Gasteiger partial charge on any atom is -0.487 e. The maximum Gasteiger partial charge on any atom is 0.143 e. The highest BCUT2D eigenvalue weighted by Gasteiger charge is 2.17. The van der Waals surface area contributed by atoms with Crippen LogP contribution in [-0.2, 0) is 11.3 Å². The smallest absolute Gasteiger partial charge is 0.143 e. The first kappa shape index (κ1) is 16.7. The fourth-order valence-corrected chi connectivity index (χ4v) is 3.21. The van der Waals surface area contributed by atoms with Gasteiger partial charge in [-0.05, 0) is 36.1 Å². The van der Waals surface area contributed by atoms with Crippen molar-refractivity contribution in [3.05, 3.63) is 66.5 Å². The van der Waals surface area contributed by atoms with E-state index in [-0.39, 0.29) is 0 Å². The number of nitrogens with two attached hydrogens (primary N) is 1. The summed E-state index contributed by atoms with van der Waals surface area (Å²) in [6.07, 6.45) is 6.02. The van der Waals surface area contributed by atoms with Crippen LogP contribution in [0.4, 0.5) is 5.69 Å². The second-order valence-electron chi connectivity index (χ2n) is 6.58. The highest BCUT2D eigenvalue weighted by Crippen LogP contribution is 2.30. The van der Waals surface area contributed by atoms with Gasteiger partial charge in [-0.1, -0.05) is 36.4 Å². The Labute approximate surface area is 153 Å². The number of hydrogen-bond donors (Lipinski definition) is 1. The van der Waals surface area contributed by atoms with E-state index in [2.05, 4.69) is 16.0 Å². The molecule has 1 aliphatic heterocycles. The van der Waals surface area contributed by atoms with Gasteiger partial charge in [-0.2, -0.15) is 5.10 Å². The predicted octanol–water partition coefficient (Wildman–Crippen LogP) is 4.06. The van der Waals surface area contributed by atoms with Crippen LogP contribution in [0, 0.1) is 0 Å². The number of nitrogens with zero attached hydrogens (tertiary/aromatic N) is 2. The van der Waals surface area contributed by atoms with Crippen LogP contribution >= 0.6 is 0 Å². The summed E-state index contributed by atoms with van der Waals surface area (Å²) < 4.78 is 13.4.